The van der Waals surface area contributed by atoms with Crippen molar-refractivity contribution in [2.24, 2.45) is 0 Å². The number of ether oxygens (including phenoxy) is 2. The van der Waals surface area contributed by atoms with E-state index in [0.717, 1.165) is 5.69 Å². The van der Waals surface area contributed by atoms with Gasteiger partial charge in [-0.15, -0.1) is 0 Å². The summed E-state index contributed by atoms with van der Waals surface area (Å²) in [5.41, 5.74) is 2.81. The van der Waals surface area contributed by atoms with Crippen molar-refractivity contribution in [1.29, 1.82) is 0 Å². The third kappa shape index (κ3) is 4.88. The molecule has 2 amide bonds. The molecule has 0 unspecified atom stereocenters. The Kier molecular flexibility index (Phi) is 6.40. The average Bonchev–Trinajstić information content (AvgIpc) is 3.40. The molecule has 0 saturated heterocycles. The van der Waals surface area contributed by atoms with Crippen LogP contribution in [-0.2, 0) is 0 Å². The van der Waals surface area contributed by atoms with Crippen LogP contribution in [-0.4, -0.2) is 30.6 Å². The maximum Gasteiger partial charge on any atom is 0.255 e. The molecule has 0 aliphatic carbocycles. The second-order valence-electron chi connectivity index (χ2n) is 7.16. The van der Waals surface area contributed by atoms with Crippen LogP contribution >= 0.6 is 0 Å². The second kappa shape index (κ2) is 9.74. The van der Waals surface area contributed by atoms with E-state index < -0.39 is 0 Å². The fraction of sp³-hybridized carbons (Fsp3) is 0.0769. The monoisotopic (exact) mass is 441 g/mol. The summed E-state index contributed by atoms with van der Waals surface area (Å²) >= 11 is 0. The molecule has 1 aromatic heterocycles. The van der Waals surface area contributed by atoms with Crippen LogP contribution in [0.3, 0.4) is 0 Å². The molecule has 166 valence electrons. The molecule has 0 aliphatic heterocycles. The molecule has 0 atom stereocenters. The van der Waals surface area contributed by atoms with Crippen LogP contribution in [0.15, 0.2) is 91.3 Å². The topological polar surface area (TPSA) is 81.6 Å². The van der Waals surface area contributed by atoms with Crippen molar-refractivity contribution in [2.75, 3.05) is 24.9 Å². The van der Waals surface area contributed by atoms with Gasteiger partial charge in [-0.3, -0.25) is 9.59 Å². The van der Waals surface area contributed by atoms with Gasteiger partial charge in [0, 0.05) is 41.3 Å². The number of carbonyl (C=O) groups excluding carboxylic acids is 2. The molecule has 4 aromatic rings. The number of benzene rings is 3. The van der Waals surface area contributed by atoms with Crippen LogP contribution in [0.25, 0.3) is 5.69 Å². The lowest BCUT2D eigenvalue weighted by atomic mass is 10.1. The van der Waals surface area contributed by atoms with Crippen molar-refractivity contribution >= 4 is 23.2 Å². The summed E-state index contributed by atoms with van der Waals surface area (Å²) < 4.78 is 12.9. The summed E-state index contributed by atoms with van der Waals surface area (Å²) in [7, 11) is 2.98. The molecule has 7 nitrogen and oxygen atoms in total. The van der Waals surface area contributed by atoms with E-state index >= 15 is 0 Å². The SMILES string of the molecule is COc1cc(NC(=O)c2ccc(-n3cccc3)cc2)c(OC)cc1NC(=O)c1ccccc1. The van der Waals surface area contributed by atoms with Gasteiger partial charge in [-0.25, -0.2) is 0 Å². The van der Waals surface area contributed by atoms with Gasteiger partial charge in [0.15, 0.2) is 0 Å². The highest BCUT2D eigenvalue weighted by atomic mass is 16.5. The van der Waals surface area contributed by atoms with E-state index in [-0.39, 0.29) is 11.8 Å². The Morgan fingerprint density at radius 3 is 1.64 bits per heavy atom. The quantitative estimate of drug-likeness (QED) is 0.423. The van der Waals surface area contributed by atoms with Crippen molar-refractivity contribution in [3.05, 3.63) is 102 Å². The summed E-state index contributed by atoms with van der Waals surface area (Å²) in [4.78, 5) is 25.4. The number of nitrogens with one attached hydrogen (secondary N) is 2. The number of amides is 2. The Morgan fingerprint density at radius 1 is 0.667 bits per heavy atom. The highest BCUT2D eigenvalue weighted by molar-refractivity contribution is 6.07. The maximum atomic E-state index is 12.8. The van der Waals surface area contributed by atoms with Crippen LogP contribution < -0.4 is 20.1 Å². The van der Waals surface area contributed by atoms with Crippen LogP contribution in [0.5, 0.6) is 11.5 Å². The van der Waals surface area contributed by atoms with Gasteiger partial charge >= 0.3 is 0 Å². The summed E-state index contributed by atoms with van der Waals surface area (Å²) in [6, 6.07) is 23.2. The Bertz CT molecular complexity index is 1250. The molecule has 4 rings (SSSR count). The molecular formula is C26H23N3O4. The predicted molar refractivity (Wildman–Crippen MR) is 128 cm³/mol. The summed E-state index contributed by atoms with van der Waals surface area (Å²) in [5.74, 6) is 0.195. The smallest absolute Gasteiger partial charge is 0.255 e. The van der Waals surface area contributed by atoms with E-state index in [0.29, 0.717) is 34.0 Å². The highest BCUT2D eigenvalue weighted by Crippen LogP contribution is 2.37. The molecule has 0 bridgehead atoms. The van der Waals surface area contributed by atoms with Crippen molar-refractivity contribution in [2.45, 2.75) is 0 Å². The molecule has 2 N–H and O–H groups in total. The number of hydrogen-bond acceptors (Lipinski definition) is 4. The molecule has 0 saturated carbocycles. The Labute approximate surface area is 191 Å². The third-order valence-corrected chi connectivity index (χ3v) is 5.09. The van der Waals surface area contributed by atoms with E-state index in [2.05, 4.69) is 10.6 Å². The molecule has 7 heteroatoms. The lowest BCUT2D eigenvalue weighted by Gasteiger charge is -2.16. The van der Waals surface area contributed by atoms with E-state index in [1.807, 2.05) is 47.3 Å². The first-order valence-corrected chi connectivity index (χ1v) is 10.3. The normalized spacial score (nSPS) is 10.4. The lowest BCUT2D eigenvalue weighted by Crippen LogP contribution is -2.15. The van der Waals surface area contributed by atoms with Crippen molar-refractivity contribution < 1.29 is 19.1 Å². The average molecular weight is 441 g/mol. The number of hydrogen-bond donors (Lipinski definition) is 2. The minimum atomic E-state index is -0.296. The Morgan fingerprint density at radius 2 is 1.15 bits per heavy atom. The molecule has 1 heterocycles. The van der Waals surface area contributed by atoms with Crippen LogP contribution in [0.4, 0.5) is 11.4 Å². The van der Waals surface area contributed by atoms with Gasteiger partial charge in [0.25, 0.3) is 11.8 Å². The van der Waals surface area contributed by atoms with E-state index in [9.17, 15) is 9.59 Å². The lowest BCUT2D eigenvalue weighted by molar-refractivity contribution is 0.101. The zero-order valence-electron chi connectivity index (χ0n) is 18.2. The van der Waals surface area contributed by atoms with Gasteiger partial charge in [-0.05, 0) is 48.5 Å². The van der Waals surface area contributed by atoms with Gasteiger partial charge in [-0.1, -0.05) is 18.2 Å². The van der Waals surface area contributed by atoms with E-state index in [1.54, 1.807) is 48.5 Å². The van der Waals surface area contributed by atoms with Crippen molar-refractivity contribution in [1.82, 2.24) is 4.57 Å². The number of nitrogens with zero attached hydrogens (tertiary/aromatic N) is 1. The van der Waals surface area contributed by atoms with Gasteiger partial charge in [0.05, 0.1) is 25.6 Å². The fourth-order valence-corrected chi connectivity index (χ4v) is 3.36. The number of carbonyl (C=O) groups is 2. The summed E-state index contributed by atoms with van der Waals surface area (Å²) in [5, 5.41) is 5.68. The standard InChI is InChI=1S/C26H23N3O4/c1-32-23-17-22(24(33-2)16-21(23)27-25(30)18-8-4-3-5-9-18)28-26(31)19-10-12-20(13-11-19)29-14-6-7-15-29/h3-17H,1-2H3,(H,27,30)(H,28,31). The number of aromatic nitrogens is 1. The maximum absolute atomic E-state index is 12.8. The van der Waals surface area contributed by atoms with Crippen LogP contribution in [0.1, 0.15) is 20.7 Å². The second-order valence-corrected chi connectivity index (χ2v) is 7.16. The molecule has 0 spiro atoms. The zero-order valence-corrected chi connectivity index (χ0v) is 18.2. The van der Waals surface area contributed by atoms with Crippen molar-refractivity contribution in [3.8, 4) is 17.2 Å². The third-order valence-electron chi connectivity index (χ3n) is 5.09. The van der Waals surface area contributed by atoms with Gasteiger partial charge in [-0.2, -0.15) is 0 Å². The zero-order chi connectivity index (χ0) is 23.2. The van der Waals surface area contributed by atoms with Gasteiger partial charge < -0.3 is 24.7 Å². The first-order chi connectivity index (χ1) is 16.1. The van der Waals surface area contributed by atoms with Gasteiger partial charge in [0.1, 0.15) is 11.5 Å². The van der Waals surface area contributed by atoms with E-state index in [4.69, 9.17) is 9.47 Å². The molecular weight excluding hydrogens is 418 g/mol. The molecule has 0 radical (unpaired) electrons. The van der Waals surface area contributed by atoms with Crippen molar-refractivity contribution in [3.63, 3.8) is 0 Å². The Hall–Kier alpha value is -4.52. The number of methoxy groups -OCH3 is 2. The first kappa shape index (κ1) is 21.7. The fourth-order valence-electron chi connectivity index (χ4n) is 3.36. The minimum Gasteiger partial charge on any atom is -0.494 e. The molecule has 0 aliphatic rings. The minimum absolute atomic E-state index is 0.282. The summed E-state index contributed by atoms with van der Waals surface area (Å²) in [6.45, 7) is 0. The molecule has 3 aromatic carbocycles. The Balaban J connectivity index is 1.55. The molecule has 0 fully saturated rings. The number of rotatable bonds is 7. The summed E-state index contributed by atoms with van der Waals surface area (Å²) in [6.07, 6.45) is 3.87. The largest absolute Gasteiger partial charge is 0.494 e. The van der Waals surface area contributed by atoms with Crippen LogP contribution in [0, 0.1) is 0 Å². The van der Waals surface area contributed by atoms with Gasteiger partial charge in [0.2, 0.25) is 0 Å². The van der Waals surface area contributed by atoms with Crippen LogP contribution in [0.2, 0.25) is 0 Å². The first-order valence-electron chi connectivity index (χ1n) is 10.3. The number of anilines is 2. The predicted octanol–water partition coefficient (Wildman–Crippen LogP) is 5.00. The highest BCUT2D eigenvalue weighted by Gasteiger charge is 2.17. The molecule has 33 heavy (non-hydrogen) atoms. The van der Waals surface area contributed by atoms with E-state index in [1.165, 1.54) is 14.2 Å².